The van der Waals surface area contributed by atoms with Crippen LogP contribution in [0.25, 0.3) is 6.08 Å². The highest BCUT2D eigenvalue weighted by Crippen LogP contribution is 2.24. The molecule has 1 heterocycles. The normalized spacial score (nSPS) is 15.5. The highest BCUT2D eigenvalue weighted by atomic mass is 16.1. The van der Waals surface area contributed by atoms with Crippen LogP contribution >= 0.6 is 0 Å². The molecule has 2 aromatic rings. The van der Waals surface area contributed by atoms with Crippen LogP contribution in [-0.4, -0.2) is 31.4 Å². The van der Waals surface area contributed by atoms with Gasteiger partial charge >= 0.3 is 0 Å². The van der Waals surface area contributed by atoms with Crippen LogP contribution in [0.3, 0.4) is 0 Å². The number of amides is 1. The molecule has 2 aliphatic rings. The average molecular weight is 320 g/mol. The molecule has 1 amide bonds. The quantitative estimate of drug-likeness (QED) is 0.876. The van der Waals surface area contributed by atoms with E-state index in [0.29, 0.717) is 0 Å². The van der Waals surface area contributed by atoms with Gasteiger partial charge in [0, 0.05) is 32.1 Å². The van der Waals surface area contributed by atoms with E-state index in [0.717, 1.165) is 18.5 Å². The maximum Gasteiger partial charge on any atom is 0.247 e. The first kappa shape index (κ1) is 16.5. The molecule has 4 rings (SSSR count). The fourth-order valence-corrected chi connectivity index (χ4v) is 3.22. The third-order valence-electron chi connectivity index (χ3n) is 4.61. The highest BCUT2D eigenvalue weighted by molar-refractivity contribution is 6.00. The van der Waals surface area contributed by atoms with Crippen molar-refractivity contribution in [1.82, 2.24) is 10.2 Å². The van der Waals surface area contributed by atoms with Gasteiger partial charge < -0.3 is 10.2 Å². The lowest BCUT2D eigenvalue weighted by molar-refractivity contribution is -0.117. The summed E-state index contributed by atoms with van der Waals surface area (Å²) in [4.78, 5) is 13.7. The molecule has 0 radical (unpaired) electrons. The molecule has 3 nitrogen and oxygen atoms in total. The summed E-state index contributed by atoms with van der Waals surface area (Å²) in [6.45, 7) is 2.33. The molecule has 0 fully saturated rings. The molecule has 0 spiro atoms. The van der Waals surface area contributed by atoms with Gasteiger partial charge in [-0.05, 0) is 41.8 Å². The minimum absolute atomic E-state index is 0.0243. The Balaban J connectivity index is 0.000000143. The standard InChI is InChI=1S/C11H11NO.C10H13N/c1-12-11(13)10-6-8-4-2-3-5-9(8)7-10;1-11-7-6-9-4-2-3-5-10(9)8-11/h2-6H,7H2,1H3,(H,12,13);2-5H,6-8H2,1H3. The molecule has 0 unspecified atom stereocenters. The summed E-state index contributed by atoms with van der Waals surface area (Å²) in [6.07, 6.45) is 3.93. The number of nitrogens with zero attached hydrogens (tertiary/aromatic N) is 1. The lowest BCUT2D eigenvalue weighted by Crippen LogP contribution is -2.26. The molecule has 0 saturated carbocycles. The zero-order valence-corrected chi connectivity index (χ0v) is 14.4. The van der Waals surface area contributed by atoms with Gasteiger partial charge in [0.1, 0.15) is 0 Å². The number of likely N-dealkylation sites (N-methyl/N-ethyl adjacent to an activating group) is 2. The lowest BCUT2D eigenvalue weighted by atomic mass is 10.0. The van der Waals surface area contributed by atoms with Gasteiger partial charge in [0.2, 0.25) is 5.91 Å². The van der Waals surface area contributed by atoms with Crippen molar-refractivity contribution in [2.24, 2.45) is 0 Å². The predicted octanol–water partition coefficient (Wildman–Crippen LogP) is 3.05. The number of carbonyl (C=O) groups excluding carboxylic acids is 1. The average Bonchev–Trinajstić information content (AvgIpc) is 3.05. The number of rotatable bonds is 1. The fourth-order valence-electron chi connectivity index (χ4n) is 3.22. The molecule has 1 aliphatic carbocycles. The Hall–Kier alpha value is -2.39. The highest BCUT2D eigenvalue weighted by Gasteiger charge is 2.16. The molecule has 0 atom stereocenters. The largest absolute Gasteiger partial charge is 0.355 e. The van der Waals surface area contributed by atoms with Crippen LogP contribution in [0.5, 0.6) is 0 Å². The summed E-state index contributed by atoms with van der Waals surface area (Å²) in [5.41, 5.74) is 6.29. The van der Waals surface area contributed by atoms with Crippen molar-refractivity contribution in [3.63, 3.8) is 0 Å². The third-order valence-corrected chi connectivity index (χ3v) is 4.61. The van der Waals surface area contributed by atoms with E-state index in [2.05, 4.69) is 47.6 Å². The number of carbonyl (C=O) groups is 1. The molecule has 1 N–H and O–H groups in total. The number of benzene rings is 2. The molecule has 0 saturated heterocycles. The Bertz CT molecular complexity index is 764. The molecule has 2 aromatic carbocycles. The van der Waals surface area contributed by atoms with Gasteiger partial charge in [0.15, 0.2) is 0 Å². The topological polar surface area (TPSA) is 32.3 Å². The first-order chi connectivity index (χ1) is 11.7. The van der Waals surface area contributed by atoms with E-state index >= 15 is 0 Å². The van der Waals surface area contributed by atoms with Crippen molar-refractivity contribution in [2.75, 3.05) is 20.6 Å². The van der Waals surface area contributed by atoms with Crippen LogP contribution in [0.1, 0.15) is 22.3 Å². The van der Waals surface area contributed by atoms with E-state index in [4.69, 9.17) is 0 Å². The Labute approximate surface area is 144 Å². The molecule has 0 bridgehead atoms. The molecule has 124 valence electrons. The lowest BCUT2D eigenvalue weighted by Gasteiger charge is -2.24. The first-order valence-corrected chi connectivity index (χ1v) is 8.43. The minimum atomic E-state index is 0.0243. The smallest absolute Gasteiger partial charge is 0.247 e. The monoisotopic (exact) mass is 320 g/mol. The molecule has 0 aromatic heterocycles. The first-order valence-electron chi connectivity index (χ1n) is 8.43. The number of fused-ring (bicyclic) bond motifs is 2. The SMILES string of the molecule is CN1CCc2ccccc2C1.CNC(=O)C1=Cc2ccccc2C1. The van der Waals surface area contributed by atoms with Gasteiger partial charge in [-0.1, -0.05) is 48.5 Å². The van der Waals surface area contributed by atoms with Gasteiger partial charge in [0.25, 0.3) is 0 Å². The van der Waals surface area contributed by atoms with E-state index in [9.17, 15) is 4.79 Å². The van der Waals surface area contributed by atoms with Gasteiger partial charge in [-0.3, -0.25) is 4.79 Å². The minimum Gasteiger partial charge on any atom is -0.355 e. The Morgan fingerprint density at radius 1 is 1.00 bits per heavy atom. The zero-order chi connectivity index (χ0) is 16.9. The van der Waals surface area contributed by atoms with Crippen molar-refractivity contribution >= 4 is 12.0 Å². The molecular formula is C21H24N2O. The molecule has 1 aliphatic heterocycles. The maximum absolute atomic E-state index is 11.3. The van der Waals surface area contributed by atoms with Crippen LogP contribution in [0.15, 0.2) is 54.1 Å². The molecule has 3 heteroatoms. The predicted molar refractivity (Wildman–Crippen MR) is 98.7 cm³/mol. The summed E-state index contributed by atoms with van der Waals surface area (Å²) in [6, 6.07) is 16.8. The third kappa shape index (κ3) is 3.74. The van der Waals surface area contributed by atoms with Crippen LogP contribution in [-0.2, 0) is 24.2 Å². The van der Waals surface area contributed by atoms with Crippen molar-refractivity contribution < 1.29 is 4.79 Å². The second kappa shape index (κ2) is 7.45. The van der Waals surface area contributed by atoms with Crippen molar-refractivity contribution in [3.05, 3.63) is 76.4 Å². The second-order valence-corrected chi connectivity index (χ2v) is 6.38. The van der Waals surface area contributed by atoms with Crippen molar-refractivity contribution in [3.8, 4) is 0 Å². The van der Waals surface area contributed by atoms with Crippen molar-refractivity contribution in [2.45, 2.75) is 19.4 Å². The fraction of sp³-hybridized carbons (Fsp3) is 0.286. The van der Waals surface area contributed by atoms with Crippen LogP contribution < -0.4 is 5.32 Å². The van der Waals surface area contributed by atoms with Crippen LogP contribution in [0.2, 0.25) is 0 Å². The van der Waals surface area contributed by atoms with E-state index in [-0.39, 0.29) is 5.91 Å². The summed E-state index contributed by atoms with van der Waals surface area (Å²) in [5, 5.41) is 2.63. The van der Waals surface area contributed by atoms with Gasteiger partial charge in [-0.25, -0.2) is 0 Å². The Morgan fingerprint density at radius 2 is 1.67 bits per heavy atom. The molecular weight excluding hydrogens is 296 g/mol. The zero-order valence-electron chi connectivity index (χ0n) is 14.4. The van der Waals surface area contributed by atoms with E-state index < -0.39 is 0 Å². The van der Waals surface area contributed by atoms with Crippen molar-refractivity contribution in [1.29, 1.82) is 0 Å². The van der Waals surface area contributed by atoms with E-state index in [1.807, 2.05) is 24.3 Å². The van der Waals surface area contributed by atoms with Crippen LogP contribution in [0.4, 0.5) is 0 Å². The van der Waals surface area contributed by atoms with E-state index in [1.54, 1.807) is 7.05 Å². The van der Waals surface area contributed by atoms with Gasteiger partial charge in [0.05, 0.1) is 0 Å². The Morgan fingerprint density at radius 3 is 2.38 bits per heavy atom. The van der Waals surface area contributed by atoms with Gasteiger partial charge in [-0.2, -0.15) is 0 Å². The Kier molecular flexibility index (Phi) is 5.11. The maximum atomic E-state index is 11.3. The number of nitrogens with one attached hydrogen (secondary N) is 1. The summed E-state index contributed by atoms with van der Waals surface area (Å²) < 4.78 is 0. The number of hydrogen-bond acceptors (Lipinski definition) is 2. The summed E-state index contributed by atoms with van der Waals surface area (Å²) in [5.74, 6) is 0.0243. The van der Waals surface area contributed by atoms with Gasteiger partial charge in [-0.15, -0.1) is 0 Å². The van der Waals surface area contributed by atoms with E-state index in [1.165, 1.54) is 35.2 Å². The summed E-state index contributed by atoms with van der Waals surface area (Å²) >= 11 is 0. The second-order valence-electron chi connectivity index (χ2n) is 6.38. The van der Waals surface area contributed by atoms with Crippen LogP contribution in [0, 0.1) is 0 Å². The molecule has 24 heavy (non-hydrogen) atoms. The number of hydrogen-bond donors (Lipinski definition) is 1. The summed E-state index contributed by atoms with van der Waals surface area (Å²) in [7, 11) is 3.84.